The molecule has 4 bridgehead atoms. The van der Waals surface area contributed by atoms with Crippen LogP contribution in [0.3, 0.4) is 0 Å². The molecule has 0 unspecified atom stereocenters. The summed E-state index contributed by atoms with van der Waals surface area (Å²) >= 11 is 0. The van der Waals surface area contributed by atoms with Crippen LogP contribution in [-0.4, -0.2) is 20.2 Å². The van der Waals surface area contributed by atoms with Crippen LogP contribution in [0.5, 0.6) is 0 Å². The monoisotopic (exact) mass is 257 g/mol. The lowest BCUT2D eigenvalue weighted by Gasteiger charge is -2.54. The Kier molecular flexibility index (Phi) is 2.98. The third-order valence-electron chi connectivity index (χ3n) is 5.02. The van der Waals surface area contributed by atoms with Gasteiger partial charge < -0.3 is 0 Å². The highest BCUT2D eigenvalue weighted by Crippen LogP contribution is 2.53. The molecule has 0 aromatic carbocycles. The Labute approximate surface area is 104 Å². The molecular weight excluding hydrogens is 234 g/mol. The van der Waals surface area contributed by atoms with Crippen LogP contribution in [0.15, 0.2) is 0 Å². The predicted molar refractivity (Wildman–Crippen MR) is 68.0 cm³/mol. The van der Waals surface area contributed by atoms with Crippen molar-refractivity contribution < 1.29 is 8.42 Å². The van der Waals surface area contributed by atoms with Gasteiger partial charge in [0.25, 0.3) is 0 Å². The fourth-order valence-electron chi connectivity index (χ4n) is 4.65. The summed E-state index contributed by atoms with van der Waals surface area (Å²) in [6.45, 7) is 1.93. The molecule has 98 valence electrons. The van der Waals surface area contributed by atoms with Gasteiger partial charge in [0, 0.05) is 6.04 Å². The lowest BCUT2D eigenvalue weighted by Crippen LogP contribution is -2.56. The largest absolute Gasteiger partial charge is 0.212 e. The van der Waals surface area contributed by atoms with Crippen molar-refractivity contribution >= 4 is 10.0 Å². The molecule has 4 saturated carbocycles. The zero-order chi connectivity index (χ0) is 12.0. The molecule has 0 radical (unpaired) electrons. The first kappa shape index (κ1) is 12.0. The molecule has 4 aliphatic rings. The molecule has 3 nitrogen and oxygen atoms in total. The minimum absolute atomic E-state index is 0.263. The molecule has 0 aromatic heterocycles. The van der Waals surface area contributed by atoms with Gasteiger partial charge in [0.1, 0.15) is 0 Å². The molecule has 17 heavy (non-hydrogen) atoms. The molecule has 0 aliphatic heterocycles. The van der Waals surface area contributed by atoms with Gasteiger partial charge in [-0.1, -0.05) is 6.92 Å². The van der Waals surface area contributed by atoms with Crippen molar-refractivity contribution in [2.24, 2.45) is 23.7 Å². The van der Waals surface area contributed by atoms with Gasteiger partial charge >= 0.3 is 0 Å². The third-order valence-corrected chi connectivity index (χ3v) is 6.59. The van der Waals surface area contributed by atoms with Gasteiger partial charge in [0.15, 0.2) is 0 Å². The second-order valence-electron chi connectivity index (χ2n) is 6.39. The van der Waals surface area contributed by atoms with Crippen LogP contribution in [0, 0.1) is 23.7 Å². The first-order chi connectivity index (χ1) is 8.07. The molecule has 4 heteroatoms. The Bertz CT molecular complexity index is 362. The molecule has 0 aromatic rings. The quantitative estimate of drug-likeness (QED) is 0.838. The molecule has 0 saturated heterocycles. The third kappa shape index (κ3) is 2.26. The summed E-state index contributed by atoms with van der Waals surface area (Å²) in [5.74, 6) is 3.38. The van der Waals surface area contributed by atoms with Crippen molar-refractivity contribution in [2.75, 3.05) is 5.75 Å². The van der Waals surface area contributed by atoms with E-state index in [9.17, 15) is 8.42 Å². The number of hydrogen-bond acceptors (Lipinski definition) is 2. The van der Waals surface area contributed by atoms with Crippen molar-refractivity contribution in [1.82, 2.24) is 4.72 Å². The summed E-state index contributed by atoms with van der Waals surface area (Å²) < 4.78 is 26.8. The second-order valence-corrected chi connectivity index (χ2v) is 8.27. The normalized spacial score (nSPS) is 44.2. The number of hydrogen-bond donors (Lipinski definition) is 1. The zero-order valence-corrected chi connectivity index (χ0v) is 11.4. The van der Waals surface area contributed by atoms with E-state index >= 15 is 0 Å². The van der Waals surface area contributed by atoms with Crippen molar-refractivity contribution in [2.45, 2.75) is 51.5 Å². The van der Waals surface area contributed by atoms with Gasteiger partial charge in [-0.05, 0) is 62.2 Å². The molecule has 0 atom stereocenters. The minimum atomic E-state index is -3.03. The average molecular weight is 257 g/mol. The van der Waals surface area contributed by atoms with Gasteiger partial charge in [-0.15, -0.1) is 0 Å². The molecular formula is C13H23NO2S. The maximum atomic E-state index is 11.9. The summed E-state index contributed by atoms with van der Waals surface area (Å²) in [4.78, 5) is 0. The lowest BCUT2D eigenvalue weighted by molar-refractivity contribution is -0.00557. The van der Waals surface area contributed by atoms with E-state index in [4.69, 9.17) is 0 Å². The Morgan fingerprint density at radius 1 is 1.00 bits per heavy atom. The van der Waals surface area contributed by atoms with Crippen LogP contribution in [-0.2, 0) is 10.0 Å². The molecule has 0 amide bonds. The standard InChI is InChI=1S/C13H23NO2S/c1-2-3-17(15,16)14-13-11-5-9-4-10(7-11)8-12(13)6-9/h9-14H,2-8H2,1H3. The second kappa shape index (κ2) is 4.23. The summed E-state index contributed by atoms with van der Waals surface area (Å²) in [6, 6.07) is 0.263. The van der Waals surface area contributed by atoms with Crippen molar-refractivity contribution in [3.05, 3.63) is 0 Å². The maximum absolute atomic E-state index is 11.9. The van der Waals surface area contributed by atoms with Crippen LogP contribution >= 0.6 is 0 Å². The lowest BCUT2D eigenvalue weighted by atomic mass is 9.54. The van der Waals surface area contributed by atoms with E-state index in [1.54, 1.807) is 0 Å². The fraction of sp³-hybridized carbons (Fsp3) is 1.00. The van der Waals surface area contributed by atoms with Crippen LogP contribution in [0.2, 0.25) is 0 Å². The number of nitrogens with one attached hydrogen (secondary N) is 1. The summed E-state index contributed by atoms with van der Waals surface area (Å²) in [5.41, 5.74) is 0. The molecule has 4 aliphatic carbocycles. The molecule has 1 N–H and O–H groups in total. The first-order valence-corrected chi connectivity index (χ1v) is 8.72. The SMILES string of the molecule is CCCS(=O)(=O)NC1C2CC3CC(C2)CC1C3. The van der Waals surface area contributed by atoms with Gasteiger partial charge in [0.05, 0.1) is 5.75 Å². The van der Waals surface area contributed by atoms with Gasteiger partial charge in [0.2, 0.25) is 10.0 Å². The van der Waals surface area contributed by atoms with Crippen LogP contribution in [0.1, 0.15) is 45.4 Å². The summed E-state index contributed by atoms with van der Waals surface area (Å²) in [5, 5.41) is 0. The molecule has 4 fully saturated rings. The van der Waals surface area contributed by atoms with E-state index in [0.29, 0.717) is 18.3 Å². The Morgan fingerprint density at radius 2 is 1.53 bits per heavy atom. The Hall–Kier alpha value is -0.0900. The summed E-state index contributed by atoms with van der Waals surface area (Å²) in [7, 11) is -3.03. The van der Waals surface area contributed by atoms with Gasteiger partial charge in [-0.3, -0.25) is 0 Å². The van der Waals surface area contributed by atoms with E-state index in [0.717, 1.165) is 11.8 Å². The maximum Gasteiger partial charge on any atom is 0.211 e. The number of rotatable bonds is 4. The van der Waals surface area contributed by atoms with E-state index in [-0.39, 0.29) is 11.8 Å². The highest BCUT2D eigenvalue weighted by Gasteiger charge is 2.49. The van der Waals surface area contributed by atoms with E-state index in [1.807, 2.05) is 6.92 Å². The summed E-state index contributed by atoms with van der Waals surface area (Å²) in [6.07, 6.45) is 7.21. The van der Waals surface area contributed by atoms with Crippen molar-refractivity contribution in [3.8, 4) is 0 Å². The van der Waals surface area contributed by atoms with Crippen LogP contribution in [0.4, 0.5) is 0 Å². The van der Waals surface area contributed by atoms with Gasteiger partial charge in [-0.2, -0.15) is 0 Å². The molecule has 4 rings (SSSR count). The highest BCUT2D eigenvalue weighted by molar-refractivity contribution is 7.89. The van der Waals surface area contributed by atoms with Crippen molar-refractivity contribution in [3.63, 3.8) is 0 Å². The van der Waals surface area contributed by atoms with E-state index < -0.39 is 10.0 Å². The molecule has 0 spiro atoms. The zero-order valence-electron chi connectivity index (χ0n) is 10.6. The molecule has 0 heterocycles. The topological polar surface area (TPSA) is 46.2 Å². The Morgan fingerprint density at radius 3 is 2.00 bits per heavy atom. The van der Waals surface area contributed by atoms with Crippen LogP contribution in [0.25, 0.3) is 0 Å². The highest BCUT2D eigenvalue weighted by atomic mass is 32.2. The van der Waals surface area contributed by atoms with Crippen molar-refractivity contribution in [1.29, 1.82) is 0 Å². The first-order valence-electron chi connectivity index (χ1n) is 7.07. The van der Waals surface area contributed by atoms with E-state index in [1.165, 1.54) is 32.1 Å². The minimum Gasteiger partial charge on any atom is -0.212 e. The smallest absolute Gasteiger partial charge is 0.211 e. The van der Waals surface area contributed by atoms with E-state index in [2.05, 4.69) is 4.72 Å². The predicted octanol–water partition coefficient (Wildman–Crippen LogP) is 2.14. The van der Waals surface area contributed by atoms with Crippen LogP contribution < -0.4 is 4.72 Å². The Balaban J connectivity index is 1.72. The van der Waals surface area contributed by atoms with Gasteiger partial charge in [-0.25, -0.2) is 13.1 Å². The average Bonchev–Trinajstić information content (AvgIpc) is 2.22. The number of sulfonamides is 1. The fourth-order valence-corrected chi connectivity index (χ4v) is 6.11.